The Balaban J connectivity index is 1.54. The highest BCUT2D eigenvalue weighted by Crippen LogP contribution is 2.21. The van der Waals surface area contributed by atoms with Gasteiger partial charge in [0.15, 0.2) is 0 Å². The molecule has 5 heteroatoms. The van der Waals surface area contributed by atoms with Crippen LogP contribution in [0.4, 0.5) is 0 Å². The zero-order valence-electron chi connectivity index (χ0n) is 11.5. The molecule has 2 N–H and O–H groups in total. The molecule has 1 heterocycles. The van der Waals surface area contributed by atoms with E-state index in [1.807, 2.05) is 12.1 Å². The van der Waals surface area contributed by atoms with Gasteiger partial charge in [-0.25, -0.2) is 0 Å². The smallest absolute Gasteiger partial charge is 0.220 e. The number of benzene rings is 1. The van der Waals surface area contributed by atoms with E-state index in [-0.39, 0.29) is 5.91 Å². The molecule has 110 valence electrons. The topological polar surface area (TPSA) is 41.1 Å². The number of hydrogen-bond acceptors (Lipinski definition) is 3. The number of hydrogen-bond donors (Lipinski definition) is 2. The van der Waals surface area contributed by atoms with Crippen LogP contribution in [0.15, 0.2) is 33.6 Å². The van der Waals surface area contributed by atoms with E-state index in [4.69, 9.17) is 0 Å². The van der Waals surface area contributed by atoms with E-state index >= 15 is 0 Å². The Morgan fingerprint density at radius 2 is 2.20 bits per heavy atom. The van der Waals surface area contributed by atoms with Crippen molar-refractivity contribution in [2.24, 2.45) is 5.92 Å². The lowest BCUT2D eigenvalue weighted by Gasteiger charge is -2.09. The van der Waals surface area contributed by atoms with Crippen LogP contribution in [0.25, 0.3) is 0 Å². The summed E-state index contributed by atoms with van der Waals surface area (Å²) in [7, 11) is 0. The molecule has 3 nitrogen and oxygen atoms in total. The molecule has 20 heavy (non-hydrogen) atoms. The van der Waals surface area contributed by atoms with Crippen LogP contribution in [0.1, 0.15) is 19.3 Å². The second-order valence-corrected chi connectivity index (χ2v) is 7.13. The summed E-state index contributed by atoms with van der Waals surface area (Å²) in [5.74, 6) is 1.74. The molecule has 0 aromatic heterocycles. The quantitative estimate of drug-likeness (QED) is 0.737. The third-order valence-corrected chi connectivity index (χ3v) is 4.99. The van der Waals surface area contributed by atoms with E-state index in [2.05, 4.69) is 38.7 Å². The van der Waals surface area contributed by atoms with E-state index in [1.165, 1.54) is 11.3 Å². The minimum atomic E-state index is 0.167. The van der Waals surface area contributed by atoms with Crippen molar-refractivity contribution in [1.82, 2.24) is 10.6 Å². The van der Waals surface area contributed by atoms with Gasteiger partial charge in [0.2, 0.25) is 5.91 Å². The van der Waals surface area contributed by atoms with Crippen molar-refractivity contribution in [2.75, 3.05) is 25.4 Å². The van der Waals surface area contributed by atoms with E-state index in [1.54, 1.807) is 11.8 Å². The van der Waals surface area contributed by atoms with Crippen LogP contribution in [-0.2, 0) is 4.79 Å². The fourth-order valence-electron chi connectivity index (χ4n) is 2.26. The third-order valence-electron chi connectivity index (χ3n) is 3.45. The van der Waals surface area contributed by atoms with Gasteiger partial charge in [0, 0.05) is 28.1 Å². The van der Waals surface area contributed by atoms with Crippen LogP contribution in [0.2, 0.25) is 0 Å². The Morgan fingerprint density at radius 3 is 2.90 bits per heavy atom. The van der Waals surface area contributed by atoms with Gasteiger partial charge >= 0.3 is 0 Å². The van der Waals surface area contributed by atoms with Gasteiger partial charge in [-0.2, -0.15) is 0 Å². The maximum atomic E-state index is 11.7. The molecule has 1 aliphatic rings. The fraction of sp³-hybridized carbons (Fsp3) is 0.533. The number of carbonyl (C=O) groups excluding carboxylic acids is 1. The number of nitrogens with one attached hydrogen (secondary N) is 2. The number of thioether (sulfide) groups is 1. The van der Waals surface area contributed by atoms with Crippen LogP contribution in [-0.4, -0.2) is 31.3 Å². The summed E-state index contributed by atoms with van der Waals surface area (Å²) in [6.07, 6.45) is 2.93. The van der Waals surface area contributed by atoms with Crippen molar-refractivity contribution in [2.45, 2.75) is 24.2 Å². The van der Waals surface area contributed by atoms with Gasteiger partial charge in [0.05, 0.1) is 0 Å². The van der Waals surface area contributed by atoms with Gasteiger partial charge in [-0.15, -0.1) is 11.8 Å². The molecule has 0 bridgehead atoms. The Hall–Kier alpha value is -0.520. The van der Waals surface area contributed by atoms with Crippen molar-refractivity contribution in [3.63, 3.8) is 0 Å². The molecule has 1 fully saturated rings. The average Bonchev–Trinajstić information content (AvgIpc) is 2.94. The summed E-state index contributed by atoms with van der Waals surface area (Å²) in [6, 6.07) is 8.19. The van der Waals surface area contributed by atoms with Gasteiger partial charge in [0.1, 0.15) is 0 Å². The molecule has 1 saturated heterocycles. The predicted molar refractivity (Wildman–Crippen MR) is 88.1 cm³/mol. The largest absolute Gasteiger partial charge is 0.356 e. The summed E-state index contributed by atoms with van der Waals surface area (Å²) in [5, 5.41) is 6.36. The first-order chi connectivity index (χ1) is 9.74. The summed E-state index contributed by atoms with van der Waals surface area (Å²) in [5.41, 5.74) is 0. The maximum Gasteiger partial charge on any atom is 0.220 e. The second kappa shape index (κ2) is 8.70. The molecule has 0 radical (unpaired) electrons. The molecule has 1 aromatic rings. The lowest BCUT2D eigenvalue weighted by molar-refractivity contribution is -0.120. The predicted octanol–water partition coefficient (Wildman–Crippen LogP) is 3.05. The van der Waals surface area contributed by atoms with Crippen molar-refractivity contribution in [1.29, 1.82) is 0 Å². The van der Waals surface area contributed by atoms with Crippen LogP contribution in [0.5, 0.6) is 0 Å². The molecule has 0 spiro atoms. The van der Waals surface area contributed by atoms with Crippen LogP contribution in [0.3, 0.4) is 0 Å². The fourth-order valence-corrected chi connectivity index (χ4v) is 3.37. The maximum absolute atomic E-state index is 11.7. The molecule has 1 amide bonds. The SMILES string of the molecule is O=C(CCSc1ccc(Br)cc1)NCCC1CCNC1. The monoisotopic (exact) mass is 356 g/mol. The van der Waals surface area contributed by atoms with Crippen molar-refractivity contribution >= 4 is 33.6 Å². The van der Waals surface area contributed by atoms with Gasteiger partial charge in [-0.3, -0.25) is 4.79 Å². The van der Waals surface area contributed by atoms with Crippen LogP contribution < -0.4 is 10.6 Å². The highest BCUT2D eigenvalue weighted by molar-refractivity contribution is 9.10. The van der Waals surface area contributed by atoms with Gasteiger partial charge in [-0.1, -0.05) is 15.9 Å². The Labute approximate surface area is 133 Å². The zero-order chi connectivity index (χ0) is 14.2. The van der Waals surface area contributed by atoms with E-state index in [0.29, 0.717) is 6.42 Å². The second-order valence-electron chi connectivity index (χ2n) is 5.05. The molecule has 1 aliphatic heterocycles. The first-order valence-corrected chi connectivity index (χ1v) is 8.87. The molecule has 1 unspecified atom stereocenters. The summed E-state index contributed by atoms with van der Waals surface area (Å²) < 4.78 is 1.08. The van der Waals surface area contributed by atoms with Crippen molar-refractivity contribution in [3.8, 4) is 0 Å². The lowest BCUT2D eigenvalue weighted by atomic mass is 10.1. The standard InChI is InChI=1S/C15H21BrN2OS/c16-13-1-3-14(4-2-13)20-10-7-15(19)18-9-6-12-5-8-17-11-12/h1-4,12,17H,5-11H2,(H,18,19). The molecule has 2 rings (SSSR count). The molecule has 1 aromatic carbocycles. The number of rotatable bonds is 7. The lowest BCUT2D eigenvalue weighted by Crippen LogP contribution is -2.26. The summed E-state index contributed by atoms with van der Waals surface area (Å²) >= 11 is 5.14. The van der Waals surface area contributed by atoms with Crippen molar-refractivity contribution < 1.29 is 4.79 Å². The average molecular weight is 357 g/mol. The van der Waals surface area contributed by atoms with Crippen LogP contribution >= 0.6 is 27.7 Å². The molecular formula is C15H21BrN2OS. The molecular weight excluding hydrogens is 336 g/mol. The number of halogens is 1. The molecule has 0 aliphatic carbocycles. The normalized spacial score (nSPS) is 18.1. The third kappa shape index (κ3) is 5.85. The summed E-state index contributed by atoms with van der Waals surface area (Å²) in [6.45, 7) is 3.05. The van der Waals surface area contributed by atoms with Gasteiger partial charge < -0.3 is 10.6 Å². The van der Waals surface area contributed by atoms with E-state index < -0.39 is 0 Å². The number of carbonyl (C=O) groups is 1. The minimum absolute atomic E-state index is 0.167. The Bertz CT molecular complexity index is 418. The van der Waals surface area contributed by atoms with Crippen molar-refractivity contribution in [3.05, 3.63) is 28.7 Å². The first-order valence-electron chi connectivity index (χ1n) is 7.10. The first kappa shape index (κ1) is 15.9. The van der Waals surface area contributed by atoms with Gasteiger partial charge in [-0.05, 0) is 56.1 Å². The summed E-state index contributed by atoms with van der Waals surface area (Å²) in [4.78, 5) is 12.9. The Kier molecular flexibility index (Phi) is 6.90. The molecule has 0 saturated carbocycles. The number of amides is 1. The molecule has 1 atom stereocenters. The highest BCUT2D eigenvalue weighted by atomic mass is 79.9. The van der Waals surface area contributed by atoms with E-state index in [0.717, 1.165) is 42.2 Å². The highest BCUT2D eigenvalue weighted by Gasteiger charge is 2.13. The van der Waals surface area contributed by atoms with E-state index in [9.17, 15) is 4.79 Å². The zero-order valence-corrected chi connectivity index (χ0v) is 13.9. The van der Waals surface area contributed by atoms with Crippen LogP contribution in [0, 0.1) is 5.92 Å². The minimum Gasteiger partial charge on any atom is -0.356 e. The van der Waals surface area contributed by atoms with Gasteiger partial charge in [0.25, 0.3) is 0 Å². The Morgan fingerprint density at radius 1 is 1.40 bits per heavy atom.